The molecule has 0 aliphatic rings. The molecule has 2 N–H and O–H groups in total. The Hall–Kier alpha value is -1.91. The van der Waals surface area contributed by atoms with Gasteiger partial charge in [0.1, 0.15) is 5.82 Å². The van der Waals surface area contributed by atoms with Gasteiger partial charge in [-0.1, -0.05) is 19.1 Å². The second-order valence-corrected chi connectivity index (χ2v) is 4.31. The number of benzene rings is 1. The first-order valence-corrected chi connectivity index (χ1v) is 5.70. The highest BCUT2D eigenvalue weighted by Crippen LogP contribution is 2.08. The maximum atomic E-state index is 12.9. The highest BCUT2D eigenvalue weighted by Gasteiger charge is 2.12. The van der Waals surface area contributed by atoms with Crippen molar-refractivity contribution in [2.45, 2.75) is 26.3 Å². The number of nitrogens with one attached hydrogen (secondary N) is 1. The van der Waals surface area contributed by atoms with Crippen LogP contribution in [0.3, 0.4) is 0 Å². The molecule has 0 bridgehead atoms. The van der Waals surface area contributed by atoms with Crippen LogP contribution in [0.4, 0.5) is 4.39 Å². The molecule has 18 heavy (non-hydrogen) atoms. The Morgan fingerprint density at radius 3 is 2.72 bits per heavy atom. The van der Waals surface area contributed by atoms with E-state index in [1.807, 2.05) is 0 Å². The van der Waals surface area contributed by atoms with Crippen molar-refractivity contribution in [1.29, 1.82) is 0 Å². The second-order valence-electron chi connectivity index (χ2n) is 4.31. The Bertz CT molecular complexity index is 434. The van der Waals surface area contributed by atoms with Crippen molar-refractivity contribution in [3.8, 4) is 0 Å². The third-order valence-corrected chi connectivity index (χ3v) is 2.44. The average Bonchev–Trinajstić information content (AvgIpc) is 2.25. The van der Waals surface area contributed by atoms with Crippen LogP contribution >= 0.6 is 0 Å². The minimum absolute atomic E-state index is 0.0343. The minimum atomic E-state index is -0.916. The largest absolute Gasteiger partial charge is 0.481 e. The molecule has 1 atom stereocenters. The molecule has 0 saturated carbocycles. The van der Waals surface area contributed by atoms with Gasteiger partial charge in [-0.3, -0.25) is 9.59 Å². The molecule has 1 amide bonds. The van der Waals surface area contributed by atoms with Crippen molar-refractivity contribution in [2.24, 2.45) is 5.92 Å². The lowest BCUT2D eigenvalue weighted by Gasteiger charge is -2.09. The van der Waals surface area contributed by atoms with E-state index in [1.165, 1.54) is 12.1 Å². The SMILES string of the molecule is CC(CC(=O)O)CC(=O)NCc1cccc(F)c1. The van der Waals surface area contributed by atoms with Crippen molar-refractivity contribution >= 4 is 11.9 Å². The lowest BCUT2D eigenvalue weighted by molar-refractivity contribution is -0.138. The number of carbonyl (C=O) groups excluding carboxylic acids is 1. The number of hydrogen-bond donors (Lipinski definition) is 2. The lowest BCUT2D eigenvalue weighted by atomic mass is 10.0. The standard InChI is InChI=1S/C13H16FNO3/c1-9(6-13(17)18)5-12(16)15-8-10-3-2-4-11(14)7-10/h2-4,7,9H,5-6,8H2,1H3,(H,15,16)(H,17,18). The Labute approximate surface area is 105 Å². The summed E-state index contributed by atoms with van der Waals surface area (Å²) in [5.74, 6) is -1.70. The van der Waals surface area contributed by atoms with Crippen molar-refractivity contribution in [3.63, 3.8) is 0 Å². The summed E-state index contributed by atoms with van der Waals surface area (Å²) in [6, 6.07) is 5.97. The predicted octanol–water partition coefficient (Wildman–Crippen LogP) is 1.94. The van der Waals surface area contributed by atoms with Crippen LogP contribution in [-0.4, -0.2) is 17.0 Å². The van der Waals surface area contributed by atoms with Gasteiger partial charge in [0, 0.05) is 19.4 Å². The van der Waals surface area contributed by atoms with Gasteiger partial charge in [-0.05, 0) is 23.6 Å². The van der Waals surface area contributed by atoms with Gasteiger partial charge < -0.3 is 10.4 Å². The van der Waals surface area contributed by atoms with E-state index in [4.69, 9.17) is 5.11 Å². The summed E-state index contributed by atoms with van der Waals surface area (Å²) in [7, 11) is 0. The monoisotopic (exact) mass is 253 g/mol. The fourth-order valence-electron chi connectivity index (χ4n) is 1.61. The molecule has 0 heterocycles. The number of carboxylic acid groups (broad SMARTS) is 1. The van der Waals surface area contributed by atoms with E-state index < -0.39 is 5.97 Å². The summed E-state index contributed by atoms with van der Waals surface area (Å²) in [5, 5.41) is 11.2. The fourth-order valence-corrected chi connectivity index (χ4v) is 1.61. The zero-order valence-corrected chi connectivity index (χ0v) is 10.1. The van der Waals surface area contributed by atoms with E-state index in [0.29, 0.717) is 5.56 Å². The summed E-state index contributed by atoms with van der Waals surface area (Å²) in [6.45, 7) is 1.95. The molecule has 0 aromatic heterocycles. The first-order valence-electron chi connectivity index (χ1n) is 5.70. The molecule has 1 aromatic carbocycles. The van der Waals surface area contributed by atoms with Gasteiger partial charge in [-0.25, -0.2) is 4.39 Å². The zero-order valence-electron chi connectivity index (χ0n) is 10.1. The van der Waals surface area contributed by atoms with Crippen LogP contribution in [0, 0.1) is 11.7 Å². The van der Waals surface area contributed by atoms with E-state index in [2.05, 4.69) is 5.32 Å². The number of aliphatic carboxylic acids is 1. The molecule has 1 rings (SSSR count). The van der Waals surface area contributed by atoms with Crippen LogP contribution in [0.2, 0.25) is 0 Å². The second kappa shape index (κ2) is 6.74. The minimum Gasteiger partial charge on any atom is -0.481 e. The molecule has 0 saturated heterocycles. The number of halogens is 1. The summed E-state index contributed by atoms with van der Waals surface area (Å²) in [5.41, 5.74) is 0.675. The Balaban J connectivity index is 2.35. The number of carbonyl (C=O) groups is 2. The zero-order chi connectivity index (χ0) is 13.5. The first kappa shape index (κ1) is 14.2. The lowest BCUT2D eigenvalue weighted by Crippen LogP contribution is -2.25. The summed E-state index contributed by atoms with van der Waals surface area (Å²) >= 11 is 0. The Morgan fingerprint density at radius 2 is 2.11 bits per heavy atom. The molecular formula is C13H16FNO3. The van der Waals surface area contributed by atoms with Crippen molar-refractivity contribution in [2.75, 3.05) is 0 Å². The van der Waals surface area contributed by atoms with Gasteiger partial charge in [-0.2, -0.15) is 0 Å². The van der Waals surface area contributed by atoms with Crippen LogP contribution in [0.25, 0.3) is 0 Å². The van der Waals surface area contributed by atoms with Crippen LogP contribution in [-0.2, 0) is 16.1 Å². The predicted molar refractivity (Wildman–Crippen MR) is 64.3 cm³/mol. The van der Waals surface area contributed by atoms with Crippen molar-refractivity contribution in [3.05, 3.63) is 35.6 Å². The molecule has 0 spiro atoms. The van der Waals surface area contributed by atoms with E-state index in [-0.39, 0.29) is 37.0 Å². The summed E-state index contributed by atoms with van der Waals surface area (Å²) in [6.07, 6.45) is 0.120. The van der Waals surface area contributed by atoms with Crippen LogP contribution < -0.4 is 5.32 Å². The van der Waals surface area contributed by atoms with E-state index in [1.54, 1.807) is 19.1 Å². The first-order chi connectivity index (χ1) is 8.47. The Kier molecular flexibility index (Phi) is 5.30. The van der Waals surface area contributed by atoms with Crippen molar-refractivity contribution < 1.29 is 19.1 Å². The van der Waals surface area contributed by atoms with Gasteiger partial charge in [0.25, 0.3) is 0 Å². The molecule has 0 aliphatic heterocycles. The molecule has 5 heteroatoms. The van der Waals surface area contributed by atoms with Gasteiger partial charge in [0.2, 0.25) is 5.91 Å². The van der Waals surface area contributed by atoms with Gasteiger partial charge in [-0.15, -0.1) is 0 Å². The summed E-state index contributed by atoms with van der Waals surface area (Å²) < 4.78 is 12.9. The van der Waals surface area contributed by atoms with E-state index in [0.717, 1.165) is 0 Å². The molecule has 0 aliphatic carbocycles. The van der Waals surface area contributed by atoms with Gasteiger partial charge >= 0.3 is 5.97 Å². The van der Waals surface area contributed by atoms with Gasteiger partial charge in [0.15, 0.2) is 0 Å². The van der Waals surface area contributed by atoms with Crippen LogP contribution in [0.1, 0.15) is 25.3 Å². The van der Waals surface area contributed by atoms with Gasteiger partial charge in [0.05, 0.1) is 0 Å². The molecule has 98 valence electrons. The molecule has 1 aromatic rings. The van der Waals surface area contributed by atoms with E-state index >= 15 is 0 Å². The average molecular weight is 253 g/mol. The quantitative estimate of drug-likeness (QED) is 0.814. The van der Waals surface area contributed by atoms with Crippen molar-refractivity contribution in [1.82, 2.24) is 5.32 Å². The highest BCUT2D eigenvalue weighted by molar-refractivity contribution is 5.77. The topological polar surface area (TPSA) is 66.4 Å². The molecule has 1 unspecified atom stereocenters. The maximum Gasteiger partial charge on any atom is 0.303 e. The van der Waals surface area contributed by atoms with Crippen LogP contribution in [0.15, 0.2) is 24.3 Å². The molecular weight excluding hydrogens is 237 g/mol. The molecule has 0 radical (unpaired) electrons. The van der Waals surface area contributed by atoms with Crippen LogP contribution in [0.5, 0.6) is 0 Å². The molecule has 0 fully saturated rings. The third kappa shape index (κ3) is 5.43. The number of hydrogen-bond acceptors (Lipinski definition) is 2. The highest BCUT2D eigenvalue weighted by atomic mass is 19.1. The summed E-state index contributed by atoms with van der Waals surface area (Å²) in [4.78, 5) is 21.9. The smallest absolute Gasteiger partial charge is 0.303 e. The van der Waals surface area contributed by atoms with E-state index in [9.17, 15) is 14.0 Å². The molecule has 4 nitrogen and oxygen atoms in total. The number of amides is 1. The third-order valence-electron chi connectivity index (χ3n) is 2.44. The fraction of sp³-hybridized carbons (Fsp3) is 0.385. The number of rotatable bonds is 6. The number of carboxylic acids is 1. The Morgan fingerprint density at radius 1 is 1.39 bits per heavy atom. The normalized spacial score (nSPS) is 11.9. The maximum absolute atomic E-state index is 12.9.